The summed E-state index contributed by atoms with van der Waals surface area (Å²) in [6.07, 6.45) is 0. The lowest BCUT2D eigenvalue weighted by Crippen LogP contribution is -2.29. The van der Waals surface area contributed by atoms with E-state index < -0.39 is 6.04 Å². The lowest BCUT2D eigenvalue weighted by atomic mass is 9.97. The Kier molecular flexibility index (Phi) is 4.93. The van der Waals surface area contributed by atoms with Crippen LogP contribution in [0.5, 0.6) is 11.5 Å². The highest BCUT2D eigenvalue weighted by Crippen LogP contribution is 2.43. The quantitative estimate of drug-likeness (QED) is 0.467. The molecule has 6 nitrogen and oxygen atoms in total. The molecule has 5 rings (SSSR count). The van der Waals surface area contributed by atoms with Gasteiger partial charge < -0.3 is 14.3 Å². The average molecular weight is 441 g/mol. The molecule has 1 aliphatic heterocycles. The summed E-state index contributed by atoms with van der Waals surface area (Å²) < 4.78 is 11.6. The first-order chi connectivity index (χ1) is 15.9. The van der Waals surface area contributed by atoms with Gasteiger partial charge in [-0.2, -0.15) is 0 Å². The molecule has 166 valence electrons. The summed E-state index contributed by atoms with van der Waals surface area (Å²) in [4.78, 5) is 28.9. The molecule has 1 unspecified atom stereocenters. The fourth-order valence-electron chi connectivity index (χ4n) is 4.37. The van der Waals surface area contributed by atoms with E-state index >= 15 is 0 Å². The summed E-state index contributed by atoms with van der Waals surface area (Å²) >= 11 is 0. The first-order valence-electron chi connectivity index (χ1n) is 10.8. The van der Waals surface area contributed by atoms with Crippen LogP contribution in [0.25, 0.3) is 11.0 Å². The SMILES string of the molecule is CCOc1cc(C2c3c(oc4cc(C)c(C)cc4c3=O)C(=O)N2c2ccccc2)ccc1O. The Morgan fingerprint density at radius 2 is 1.73 bits per heavy atom. The topological polar surface area (TPSA) is 80.0 Å². The van der Waals surface area contributed by atoms with E-state index in [9.17, 15) is 14.7 Å². The predicted octanol–water partition coefficient (Wildman–Crippen LogP) is 5.26. The first-order valence-corrected chi connectivity index (χ1v) is 10.8. The molecule has 0 aliphatic carbocycles. The number of carbonyl (C=O) groups excluding carboxylic acids is 1. The minimum atomic E-state index is -0.725. The van der Waals surface area contributed by atoms with Crippen LogP contribution in [0.1, 0.15) is 45.8 Å². The molecule has 1 aliphatic rings. The molecule has 1 atom stereocenters. The minimum Gasteiger partial charge on any atom is -0.504 e. The maximum absolute atomic E-state index is 13.7. The second-order valence-electron chi connectivity index (χ2n) is 8.18. The monoisotopic (exact) mass is 441 g/mol. The highest BCUT2D eigenvalue weighted by Gasteiger charge is 2.43. The van der Waals surface area contributed by atoms with Gasteiger partial charge >= 0.3 is 0 Å². The van der Waals surface area contributed by atoms with Crippen LogP contribution < -0.4 is 15.1 Å². The molecule has 33 heavy (non-hydrogen) atoms. The maximum atomic E-state index is 13.7. The van der Waals surface area contributed by atoms with E-state index in [-0.39, 0.29) is 28.4 Å². The smallest absolute Gasteiger partial charge is 0.295 e. The fourth-order valence-corrected chi connectivity index (χ4v) is 4.37. The number of para-hydroxylation sites is 1. The maximum Gasteiger partial charge on any atom is 0.295 e. The number of benzene rings is 3. The number of hydrogen-bond acceptors (Lipinski definition) is 5. The van der Waals surface area contributed by atoms with Crippen molar-refractivity contribution in [2.24, 2.45) is 0 Å². The Morgan fingerprint density at radius 1 is 1.00 bits per heavy atom. The first kappa shape index (κ1) is 20.8. The van der Waals surface area contributed by atoms with Gasteiger partial charge in [0, 0.05) is 5.69 Å². The lowest BCUT2D eigenvalue weighted by Gasteiger charge is -2.25. The molecule has 4 aromatic rings. The van der Waals surface area contributed by atoms with Gasteiger partial charge in [-0.05, 0) is 73.9 Å². The van der Waals surface area contributed by atoms with Crippen molar-refractivity contribution in [1.29, 1.82) is 0 Å². The standard InChI is InChI=1S/C27H23NO5/c1-4-32-22-14-17(10-11-20(22)29)24-23-25(30)19-12-15(2)16(3)13-21(19)33-26(23)27(31)28(24)18-8-6-5-7-9-18/h5-14,24,29H,4H2,1-3H3. The zero-order valence-electron chi connectivity index (χ0n) is 18.6. The van der Waals surface area contributed by atoms with Crippen LogP contribution in [-0.2, 0) is 0 Å². The molecule has 3 aromatic carbocycles. The van der Waals surface area contributed by atoms with Crippen molar-refractivity contribution in [1.82, 2.24) is 0 Å². The number of aromatic hydroxyl groups is 1. The Labute approximate surface area is 190 Å². The molecule has 1 aromatic heterocycles. The van der Waals surface area contributed by atoms with E-state index in [0.717, 1.165) is 11.1 Å². The number of fused-ring (bicyclic) bond motifs is 2. The van der Waals surface area contributed by atoms with Crippen molar-refractivity contribution in [3.8, 4) is 11.5 Å². The minimum absolute atomic E-state index is 0.00643. The van der Waals surface area contributed by atoms with Crippen molar-refractivity contribution in [2.75, 3.05) is 11.5 Å². The van der Waals surface area contributed by atoms with E-state index in [1.54, 1.807) is 23.1 Å². The number of phenols is 1. The number of rotatable bonds is 4. The van der Waals surface area contributed by atoms with Gasteiger partial charge in [-0.3, -0.25) is 14.5 Å². The fraction of sp³-hybridized carbons (Fsp3) is 0.185. The Balaban J connectivity index is 1.81. The molecule has 0 radical (unpaired) electrons. The third-order valence-electron chi connectivity index (χ3n) is 6.12. The van der Waals surface area contributed by atoms with Gasteiger partial charge in [-0.25, -0.2) is 0 Å². The van der Waals surface area contributed by atoms with Crippen molar-refractivity contribution < 1.29 is 19.1 Å². The summed E-state index contributed by atoms with van der Waals surface area (Å²) in [6, 6.07) is 16.9. The van der Waals surface area contributed by atoms with E-state index in [0.29, 0.717) is 34.6 Å². The van der Waals surface area contributed by atoms with E-state index in [2.05, 4.69) is 0 Å². The summed E-state index contributed by atoms with van der Waals surface area (Å²) in [6.45, 7) is 6.07. The summed E-state index contributed by atoms with van der Waals surface area (Å²) in [5.41, 5.74) is 3.67. The number of aryl methyl sites for hydroxylation is 2. The molecule has 0 saturated carbocycles. The molecule has 2 heterocycles. The number of amides is 1. The van der Waals surface area contributed by atoms with Gasteiger partial charge in [0.1, 0.15) is 5.58 Å². The second-order valence-corrected chi connectivity index (χ2v) is 8.18. The lowest BCUT2D eigenvalue weighted by molar-refractivity contribution is 0.0971. The van der Waals surface area contributed by atoms with Gasteiger partial charge in [-0.15, -0.1) is 0 Å². The molecule has 0 saturated heterocycles. The number of phenolic OH excluding ortho intramolecular Hbond substituents is 1. The highest BCUT2D eigenvalue weighted by molar-refractivity contribution is 6.10. The summed E-state index contributed by atoms with van der Waals surface area (Å²) in [5.74, 6) is -0.0614. The van der Waals surface area contributed by atoms with Crippen molar-refractivity contribution in [3.63, 3.8) is 0 Å². The number of ether oxygens (including phenoxy) is 1. The summed E-state index contributed by atoms with van der Waals surface area (Å²) in [7, 11) is 0. The number of anilines is 1. The zero-order valence-corrected chi connectivity index (χ0v) is 18.6. The third-order valence-corrected chi connectivity index (χ3v) is 6.12. The number of carbonyl (C=O) groups is 1. The van der Waals surface area contributed by atoms with E-state index in [1.165, 1.54) is 6.07 Å². The van der Waals surface area contributed by atoms with E-state index in [1.807, 2.05) is 57.2 Å². The van der Waals surface area contributed by atoms with Crippen LogP contribution in [0.2, 0.25) is 0 Å². The third kappa shape index (κ3) is 3.26. The van der Waals surface area contributed by atoms with Gasteiger partial charge in [0.2, 0.25) is 5.76 Å². The van der Waals surface area contributed by atoms with Crippen molar-refractivity contribution in [3.05, 3.63) is 98.9 Å². The number of nitrogens with zero attached hydrogens (tertiary/aromatic N) is 1. The molecule has 1 N–H and O–H groups in total. The molecule has 0 spiro atoms. The van der Waals surface area contributed by atoms with Crippen molar-refractivity contribution in [2.45, 2.75) is 26.8 Å². The largest absolute Gasteiger partial charge is 0.504 e. The number of hydrogen-bond donors (Lipinski definition) is 1. The van der Waals surface area contributed by atoms with Crippen LogP contribution in [0.4, 0.5) is 5.69 Å². The van der Waals surface area contributed by atoms with Crippen LogP contribution in [0.15, 0.2) is 69.9 Å². The Hall–Kier alpha value is -4.06. The second kappa shape index (κ2) is 7.81. The van der Waals surface area contributed by atoms with Gasteiger partial charge in [0.05, 0.1) is 23.6 Å². The molecule has 0 fully saturated rings. The van der Waals surface area contributed by atoms with Gasteiger partial charge in [0.15, 0.2) is 16.9 Å². The van der Waals surface area contributed by atoms with Crippen LogP contribution in [-0.4, -0.2) is 17.6 Å². The van der Waals surface area contributed by atoms with Crippen LogP contribution in [0.3, 0.4) is 0 Å². The van der Waals surface area contributed by atoms with Gasteiger partial charge in [0.25, 0.3) is 5.91 Å². The highest BCUT2D eigenvalue weighted by atomic mass is 16.5. The Bertz CT molecular complexity index is 1460. The molecule has 6 heteroatoms. The molecule has 1 amide bonds. The van der Waals surface area contributed by atoms with Crippen LogP contribution in [0, 0.1) is 13.8 Å². The zero-order chi connectivity index (χ0) is 23.3. The predicted molar refractivity (Wildman–Crippen MR) is 126 cm³/mol. The molecule has 0 bridgehead atoms. The molecular weight excluding hydrogens is 418 g/mol. The van der Waals surface area contributed by atoms with Crippen LogP contribution >= 0.6 is 0 Å². The average Bonchev–Trinajstić information content (AvgIpc) is 3.10. The van der Waals surface area contributed by atoms with Crippen molar-refractivity contribution >= 4 is 22.6 Å². The summed E-state index contributed by atoms with van der Waals surface area (Å²) in [5, 5.41) is 10.6. The normalized spacial score (nSPS) is 15.2. The van der Waals surface area contributed by atoms with E-state index in [4.69, 9.17) is 9.15 Å². The molecular formula is C27H23NO5. The Morgan fingerprint density at radius 3 is 2.45 bits per heavy atom. The van der Waals surface area contributed by atoms with Gasteiger partial charge in [-0.1, -0.05) is 24.3 Å².